The van der Waals surface area contributed by atoms with Crippen LogP contribution < -0.4 is 14.8 Å². The Morgan fingerprint density at radius 2 is 2.04 bits per heavy atom. The predicted octanol–water partition coefficient (Wildman–Crippen LogP) is 3.02. The van der Waals surface area contributed by atoms with Crippen molar-refractivity contribution in [1.82, 2.24) is 19.7 Å². The summed E-state index contributed by atoms with van der Waals surface area (Å²) in [7, 11) is 0. The van der Waals surface area contributed by atoms with Gasteiger partial charge in [0.05, 0.1) is 16.8 Å². The maximum Gasteiger partial charge on any atom is 0.231 e. The van der Waals surface area contributed by atoms with Gasteiger partial charge in [0, 0.05) is 18.9 Å². The second kappa shape index (κ2) is 7.05. The van der Waals surface area contributed by atoms with E-state index in [-0.39, 0.29) is 18.5 Å². The minimum Gasteiger partial charge on any atom is -0.454 e. The molecule has 0 spiro atoms. The van der Waals surface area contributed by atoms with Crippen molar-refractivity contribution in [3.8, 4) is 11.5 Å². The van der Waals surface area contributed by atoms with E-state index in [0.717, 1.165) is 27.4 Å². The number of hydrogen-bond acceptors (Lipinski definition) is 6. The molecule has 0 radical (unpaired) electrons. The van der Waals surface area contributed by atoms with Gasteiger partial charge in [0.1, 0.15) is 5.03 Å². The van der Waals surface area contributed by atoms with Crippen LogP contribution in [0, 0.1) is 0 Å². The summed E-state index contributed by atoms with van der Waals surface area (Å²) in [5.74, 6) is 1.66. The molecule has 3 aromatic heterocycles. The molecule has 1 aliphatic heterocycles. The van der Waals surface area contributed by atoms with E-state index >= 15 is 0 Å². The number of pyridine rings is 1. The van der Waals surface area contributed by atoms with E-state index in [1.54, 1.807) is 6.20 Å². The largest absolute Gasteiger partial charge is 0.454 e. The Hall–Kier alpha value is -3.26. The van der Waals surface area contributed by atoms with Gasteiger partial charge < -0.3 is 19.2 Å². The number of carbonyl (C=O) groups is 1. The third kappa shape index (κ3) is 3.11. The second-order valence-electron chi connectivity index (χ2n) is 6.28. The molecule has 0 unspecified atom stereocenters. The number of hydrogen-bond donors (Lipinski definition) is 1. The van der Waals surface area contributed by atoms with Gasteiger partial charge in [-0.3, -0.25) is 4.79 Å². The van der Waals surface area contributed by atoms with Crippen LogP contribution in [-0.2, 0) is 11.3 Å². The highest BCUT2D eigenvalue weighted by Crippen LogP contribution is 2.32. The number of carbonyl (C=O) groups excluding carboxylic acids is 1. The van der Waals surface area contributed by atoms with Gasteiger partial charge in [0.15, 0.2) is 17.1 Å². The summed E-state index contributed by atoms with van der Waals surface area (Å²) in [5.41, 5.74) is 3.53. The number of fused-ring (bicyclic) bond motifs is 4. The molecular weight excluding hydrogens is 376 g/mol. The molecule has 1 amide bonds. The van der Waals surface area contributed by atoms with Crippen LogP contribution in [0.3, 0.4) is 0 Å². The van der Waals surface area contributed by atoms with Crippen molar-refractivity contribution in [3.63, 3.8) is 0 Å². The van der Waals surface area contributed by atoms with Crippen LogP contribution in [-0.4, -0.2) is 32.8 Å². The monoisotopic (exact) mass is 392 g/mol. The number of aromatic nitrogens is 3. The average Bonchev–Trinajstić information content (AvgIpc) is 3.39. The van der Waals surface area contributed by atoms with E-state index in [1.807, 2.05) is 53.1 Å². The molecule has 1 aromatic carbocycles. The van der Waals surface area contributed by atoms with E-state index in [4.69, 9.17) is 9.47 Å². The molecule has 0 aliphatic carbocycles. The number of thioether (sulfide) groups is 1. The number of ether oxygens (including phenoxy) is 2. The molecular formula is C20H16N4O3S. The summed E-state index contributed by atoms with van der Waals surface area (Å²) < 4.78 is 12.7. The zero-order valence-electron chi connectivity index (χ0n) is 14.8. The Labute approximate surface area is 164 Å². The first-order valence-corrected chi connectivity index (χ1v) is 9.76. The maximum absolute atomic E-state index is 12.3. The molecule has 4 heterocycles. The van der Waals surface area contributed by atoms with Crippen LogP contribution in [0.15, 0.2) is 59.9 Å². The zero-order valence-corrected chi connectivity index (χ0v) is 15.6. The first-order chi connectivity index (χ1) is 13.8. The SMILES string of the molecule is O=C(CSc1nc2ncccc2n2cccc12)NCc1ccc2c(c1)OCO2. The Kier molecular flexibility index (Phi) is 4.25. The number of rotatable bonds is 5. The molecule has 8 heteroatoms. The van der Waals surface area contributed by atoms with Crippen molar-refractivity contribution in [1.29, 1.82) is 0 Å². The number of benzene rings is 1. The summed E-state index contributed by atoms with van der Waals surface area (Å²) in [4.78, 5) is 21.3. The highest BCUT2D eigenvalue weighted by atomic mass is 32.2. The first kappa shape index (κ1) is 16.9. The van der Waals surface area contributed by atoms with Gasteiger partial charge in [-0.2, -0.15) is 0 Å². The van der Waals surface area contributed by atoms with Crippen LogP contribution >= 0.6 is 11.8 Å². The van der Waals surface area contributed by atoms with Crippen molar-refractivity contribution in [2.45, 2.75) is 11.6 Å². The molecule has 5 rings (SSSR count). The van der Waals surface area contributed by atoms with Crippen molar-refractivity contribution < 1.29 is 14.3 Å². The van der Waals surface area contributed by atoms with Crippen LogP contribution in [0.25, 0.3) is 16.7 Å². The number of nitrogens with one attached hydrogen (secondary N) is 1. The van der Waals surface area contributed by atoms with Gasteiger partial charge >= 0.3 is 0 Å². The molecule has 4 aromatic rings. The van der Waals surface area contributed by atoms with Crippen LogP contribution in [0.4, 0.5) is 0 Å². The van der Waals surface area contributed by atoms with Gasteiger partial charge in [0.25, 0.3) is 0 Å². The van der Waals surface area contributed by atoms with Crippen molar-refractivity contribution >= 4 is 34.3 Å². The third-order valence-electron chi connectivity index (χ3n) is 4.47. The van der Waals surface area contributed by atoms with E-state index < -0.39 is 0 Å². The molecule has 0 atom stereocenters. The standard InChI is InChI=1S/C20H16N4O3S/c25-18(22-10-13-5-6-16-17(9-13)27-12-26-16)11-28-20-15-4-2-8-24(15)14-3-1-7-21-19(14)23-20/h1-9H,10-12H2,(H,22,25). The normalized spacial score (nSPS) is 12.6. The molecule has 0 saturated heterocycles. The molecule has 1 aliphatic rings. The quantitative estimate of drug-likeness (QED) is 0.526. The Bertz CT molecular complexity index is 1190. The van der Waals surface area contributed by atoms with Gasteiger partial charge in [-0.1, -0.05) is 17.8 Å². The predicted molar refractivity (Wildman–Crippen MR) is 106 cm³/mol. The van der Waals surface area contributed by atoms with E-state index in [9.17, 15) is 4.79 Å². The molecule has 0 fully saturated rings. The van der Waals surface area contributed by atoms with Gasteiger partial charge in [-0.25, -0.2) is 9.97 Å². The van der Waals surface area contributed by atoms with Crippen molar-refractivity contribution in [2.75, 3.05) is 12.5 Å². The fraction of sp³-hybridized carbons (Fsp3) is 0.150. The Morgan fingerprint density at radius 3 is 3.00 bits per heavy atom. The summed E-state index contributed by atoms with van der Waals surface area (Å²) in [5, 5.41) is 3.72. The topological polar surface area (TPSA) is 77.8 Å². The fourth-order valence-electron chi connectivity index (χ4n) is 3.12. The summed E-state index contributed by atoms with van der Waals surface area (Å²) in [6, 6.07) is 13.5. The molecule has 140 valence electrons. The molecule has 0 saturated carbocycles. The molecule has 0 bridgehead atoms. The zero-order chi connectivity index (χ0) is 18.9. The summed E-state index contributed by atoms with van der Waals surface area (Å²) in [6.07, 6.45) is 3.70. The van der Waals surface area contributed by atoms with Crippen molar-refractivity contribution in [2.24, 2.45) is 0 Å². The summed E-state index contributed by atoms with van der Waals surface area (Å²) in [6.45, 7) is 0.673. The van der Waals surface area contributed by atoms with Crippen LogP contribution in [0.5, 0.6) is 11.5 Å². The van der Waals surface area contributed by atoms with Gasteiger partial charge in [-0.05, 0) is 42.0 Å². The highest BCUT2D eigenvalue weighted by Gasteiger charge is 2.14. The minimum atomic E-state index is -0.0599. The highest BCUT2D eigenvalue weighted by molar-refractivity contribution is 8.00. The molecule has 28 heavy (non-hydrogen) atoms. The number of amides is 1. The lowest BCUT2D eigenvalue weighted by atomic mass is 10.2. The average molecular weight is 392 g/mol. The molecule has 7 nitrogen and oxygen atoms in total. The third-order valence-corrected chi connectivity index (χ3v) is 5.45. The summed E-state index contributed by atoms with van der Waals surface area (Å²) >= 11 is 1.40. The Morgan fingerprint density at radius 1 is 1.14 bits per heavy atom. The first-order valence-electron chi connectivity index (χ1n) is 8.78. The van der Waals surface area contributed by atoms with Crippen LogP contribution in [0.1, 0.15) is 5.56 Å². The number of nitrogens with zero attached hydrogens (tertiary/aromatic N) is 3. The van der Waals surface area contributed by atoms with Crippen LogP contribution in [0.2, 0.25) is 0 Å². The van der Waals surface area contributed by atoms with E-state index in [0.29, 0.717) is 17.9 Å². The van der Waals surface area contributed by atoms with Gasteiger partial charge in [-0.15, -0.1) is 0 Å². The van der Waals surface area contributed by atoms with E-state index in [1.165, 1.54) is 11.8 Å². The lowest BCUT2D eigenvalue weighted by Gasteiger charge is -2.08. The lowest BCUT2D eigenvalue weighted by molar-refractivity contribution is -0.118. The fourth-order valence-corrected chi connectivity index (χ4v) is 3.96. The Balaban J connectivity index is 1.27. The molecule has 1 N–H and O–H groups in total. The van der Waals surface area contributed by atoms with E-state index in [2.05, 4.69) is 15.3 Å². The smallest absolute Gasteiger partial charge is 0.231 e. The maximum atomic E-state index is 12.3. The van der Waals surface area contributed by atoms with Crippen molar-refractivity contribution in [3.05, 3.63) is 60.4 Å². The minimum absolute atomic E-state index is 0.0599. The lowest BCUT2D eigenvalue weighted by Crippen LogP contribution is -2.24. The second-order valence-corrected chi connectivity index (χ2v) is 7.24. The van der Waals surface area contributed by atoms with Gasteiger partial charge in [0.2, 0.25) is 12.7 Å².